The van der Waals surface area contributed by atoms with Gasteiger partial charge in [-0.15, -0.1) is 0 Å². The molecule has 2 aliphatic rings. The molecule has 0 unspecified atom stereocenters. The van der Waals surface area contributed by atoms with E-state index in [0.29, 0.717) is 43.3 Å². The molecular weight excluding hydrogens is 318 g/mol. The molecule has 2 heterocycles. The number of carbonyl (C=O) groups excluding carboxylic acids is 1. The monoisotopic (exact) mass is 337 g/mol. The lowest BCUT2D eigenvalue weighted by atomic mass is 10.0. The molecule has 25 heavy (non-hydrogen) atoms. The first-order valence-corrected chi connectivity index (χ1v) is 8.55. The molecule has 1 saturated carbocycles. The van der Waals surface area contributed by atoms with E-state index in [9.17, 15) is 10.1 Å². The maximum Gasteiger partial charge on any atom is 0.243 e. The van der Waals surface area contributed by atoms with Crippen LogP contribution in [0, 0.1) is 11.3 Å². The molecule has 1 N–H and O–H groups in total. The molecule has 1 aliphatic carbocycles. The van der Waals surface area contributed by atoms with Gasteiger partial charge in [-0.2, -0.15) is 5.26 Å². The van der Waals surface area contributed by atoms with Gasteiger partial charge in [0.25, 0.3) is 0 Å². The molecule has 0 radical (unpaired) electrons. The molecule has 7 heteroatoms. The lowest BCUT2D eigenvalue weighted by Crippen LogP contribution is -2.39. The molecule has 1 aromatic heterocycles. The highest BCUT2D eigenvalue weighted by Gasteiger charge is 2.32. The lowest BCUT2D eigenvalue weighted by Gasteiger charge is -2.29. The first kappa shape index (κ1) is 15.8. The molecule has 1 aromatic carbocycles. The van der Waals surface area contributed by atoms with E-state index in [1.54, 1.807) is 0 Å². The van der Waals surface area contributed by atoms with Crippen LogP contribution in [0.4, 0.5) is 5.82 Å². The van der Waals surface area contributed by atoms with E-state index in [4.69, 9.17) is 9.72 Å². The van der Waals surface area contributed by atoms with Crippen molar-refractivity contribution in [3.63, 3.8) is 0 Å². The standard InChI is InChI=1S/C18H19N5O2/c19-11-13(18(24)20-12-5-6-12)16-17(23-7-9-25-10-8-23)22-15-4-2-1-3-14(15)21-16/h1-4,12-13H,5-10H2,(H,20,24)/t13-/m0/s1. The summed E-state index contributed by atoms with van der Waals surface area (Å²) in [5.41, 5.74) is 1.88. The fraction of sp³-hybridized carbons (Fsp3) is 0.444. The molecule has 1 amide bonds. The lowest BCUT2D eigenvalue weighted by molar-refractivity contribution is -0.121. The van der Waals surface area contributed by atoms with Gasteiger partial charge < -0.3 is 15.0 Å². The van der Waals surface area contributed by atoms with Gasteiger partial charge in [-0.1, -0.05) is 12.1 Å². The molecule has 7 nitrogen and oxygen atoms in total. The van der Waals surface area contributed by atoms with Crippen LogP contribution in [-0.4, -0.2) is 48.2 Å². The van der Waals surface area contributed by atoms with Gasteiger partial charge in [0.1, 0.15) is 5.69 Å². The second-order valence-electron chi connectivity index (χ2n) is 6.37. The summed E-state index contributed by atoms with van der Waals surface area (Å²) in [5, 5.41) is 12.6. The van der Waals surface area contributed by atoms with Crippen molar-refractivity contribution < 1.29 is 9.53 Å². The average Bonchev–Trinajstić information content (AvgIpc) is 3.46. The van der Waals surface area contributed by atoms with Crippen LogP contribution >= 0.6 is 0 Å². The van der Waals surface area contributed by atoms with Gasteiger partial charge in [0.2, 0.25) is 5.91 Å². The number of anilines is 1. The maximum atomic E-state index is 12.6. The Kier molecular flexibility index (Phi) is 4.20. The third-order valence-corrected chi connectivity index (χ3v) is 4.48. The summed E-state index contributed by atoms with van der Waals surface area (Å²) < 4.78 is 5.41. The van der Waals surface area contributed by atoms with Gasteiger partial charge in [-0.25, -0.2) is 9.97 Å². The zero-order valence-electron chi connectivity index (χ0n) is 13.8. The van der Waals surface area contributed by atoms with E-state index in [2.05, 4.69) is 16.4 Å². The number of hydrogen-bond donors (Lipinski definition) is 1. The number of fused-ring (bicyclic) bond motifs is 1. The number of nitrogens with one attached hydrogen (secondary N) is 1. The molecule has 2 fully saturated rings. The Morgan fingerprint density at radius 1 is 1.24 bits per heavy atom. The van der Waals surface area contributed by atoms with Crippen LogP contribution in [0.15, 0.2) is 24.3 Å². The van der Waals surface area contributed by atoms with Crippen molar-refractivity contribution in [2.45, 2.75) is 24.8 Å². The predicted octanol–water partition coefficient (Wildman–Crippen LogP) is 1.35. The van der Waals surface area contributed by atoms with Gasteiger partial charge in [-0.05, 0) is 25.0 Å². The summed E-state index contributed by atoms with van der Waals surface area (Å²) in [4.78, 5) is 24.0. The van der Waals surface area contributed by atoms with Crippen molar-refractivity contribution in [1.82, 2.24) is 15.3 Å². The van der Waals surface area contributed by atoms with Crippen molar-refractivity contribution in [2.75, 3.05) is 31.2 Å². The second-order valence-corrected chi connectivity index (χ2v) is 6.37. The minimum absolute atomic E-state index is 0.198. The van der Waals surface area contributed by atoms with Crippen LogP contribution < -0.4 is 10.2 Å². The minimum Gasteiger partial charge on any atom is -0.378 e. The fourth-order valence-corrected chi connectivity index (χ4v) is 2.96. The van der Waals surface area contributed by atoms with Crippen molar-refractivity contribution in [2.24, 2.45) is 0 Å². The average molecular weight is 337 g/mol. The molecule has 0 spiro atoms. The summed E-state index contributed by atoms with van der Waals surface area (Å²) in [5.74, 6) is -0.640. The van der Waals surface area contributed by atoms with Crippen molar-refractivity contribution in [1.29, 1.82) is 5.26 Å². The SMILES string of the molecule is N#C[C@H](C(=O)NC1CC1)c1nc2ccccc2nc1N1CCOCC1. The fourth-order valence-electron chi connectivity index (χ4n) is 2.96. The summed E-state index contributed by atoms with van der Waals surface area (Å²) >= 11 is 0. The van der Waals surface area contributed by atoms with E-state index in [-0.39, 0.29) is 11.9 Å². The number of ether oxygens (including phenoxy) is 1. The highest BCUT2D eigenvalue weighted by Crippen LogP contribution is 2.29. The van der Waals surface area contributed by atoms with E-state index in [0.717, 1.165) is 18.4 Å². The van der Waals surface area contributed by atoms with Crippen LogP contribution in [0.2, 0.25) is 0 Å². The molecule has 0 bridgehead atoms. The zero-order chi connectivity index (χ0) is 17.2. The zero-order valence-corrected chi connectivity index (χ0v) is 13.8. The van der Waals surface area contributed by atoms with E-state index >= 15 is 0 Å². The van der Waals surface area contributed by atoms with Gasteiger partial charge in [0, 0.05) is 19.1 Å². The Bertz CT molecular complexity index is 837. The van der Waals surface area contributed by atoms with Gasteiger partial charge >= 0.3 is 0 Å². The smallest absolute Gasteiger partial charge is 0.243 e. The number of amides is 1. The number of aromatic nitrogens is 2. The number of hydrogen-bond acceptors (Lipinski definition) is 6. The highest BCUT2D eigenvalue weighted by atomic mass is 16.5. The molecule has 1 atom stereocenters. The number of nitrogens with zero attached hydrogens (tertiary/aromatic N) is 4. The van der Waals surface area contributed by atoms with Gasteiger partial charge in [0.05, 0.1) is 30.3 Å². The quantitative estimate of drug-likeness (QED) is 0.905. The number of nitriles is 1. The third kappa shape index (κ3) is 3.26. The van der Waals surface area contributed by atoms with Crippen molar-refractivity contribution in [3.05, 3.63) is 30.0 Å². The topological polar surface area (TPSA) is 91.1 Å². The number of carbonyl (C=O) groups is 1. The molecule has 1 aliphatic heterocycles. The summed E-state index contributed by atoms with van der Waals surface area (Å²) in [6, 6.07) is 9.84. The second kappa shape index (κ2) is 6.65. The Balaban J connectivity index is 1.78. The van der Waals surface area contributed by atoms with Crippen molar-refractivity contribution >= 4 is 22.8 Å². The predicted molar refractivity (Wildman–Crippen MR) is 92.1 cm³/mol. The third-order valence-electron chi connectivity index (χ3n) is 4.48. The molecule has 2 aromatic rings. The summed E-state index contributed by atoms with van der Waals surface area (Å²) in [6.07, 6.45) is 1.95. The van der Waals surface area contributed by atoms with Crippen LogP contribution in [0.1, 0.15) is 24.5 Å². The molecule has 4 rings (SSSR count). The first-order valence-electron chi connectivity index (χ1n) is 8.55. The van der Waals surface area contributed by atoms with Gasteiger partial charge in [0.15, 0.2) is 11.7 Å². The van der Waals surface area contributed by atoms with E-state index in [1.807, 2.05) is 29.2 Å². The molecule has 1 saturated heterocycles. The minimum atomic E-state index is -0.962. The Hall–Kier alpha value is -2.72. The normalized spacial score (nSPS) is 18.6. The largest absolute Gasteiger partial charge is 0.378 e. The Morgan fingerprint density at radius 3 is 2.56 bits per heavy atom. The Morgan fingerprint density at radius 2 is 1.92 bits per heavy atom. The number of para-hydroxylation sites is 2. The summed E-state index contributed by atoms with van der Waals surface area (Å²) in [6.45, 7) is 2.53. The summed E-state index contributed by atoms with van der Waals surface area (Å²) in [7, 11) is 0. The first-order chi connectivity index (χ1) is 12.3. The number of morpholine rings is 1. The van der Waals surface area contributed by atoms with Crippen LogP contribution in [0.5, 0.6) is 0 Å². The number of benzene rings is 1. The molecular formula is C18H19N5O2. The van der Waals surface area contributed by atoms with Crippen LogP contribution in [0.3, 0.4) is 0 Å². The Labute approximate surface area is 145 Å². The van der Waals surface area contributed by atoms with Crippen LogP contribution in [0.25, 0.3) is 11.0 Å². The number of rotatable bonds is 4. The highest BCUT2D eigenvalue weighted by molar-refractivity contribution is 5.89. The molecule has 128 valence electrons. The van der Waals surface area contributed by atoms with E-state index in [1.165, 1.54) is 0 Å². The maximum absolute atomic E-state index is 12.6. The van der Waals surface area contributed by atoms with E-state index < -0.39 is 5.92 Å². The van der Waals surface area contributed by atoms with Crippen molar-refractivity contribution in [3.8, 4) is 6.07 Å². The van der Waals surface area contributed by atoms with Gasteiger partial charge in [-0.3, -0.25) is 4.79 Å². The van der Waals surface area contributed by atoms with Crippen LogP contribution in [-0.2, 0) is 9.53 Å².